The van der Waals surface area contributed by atoms with Crippen LogP contribution in [0.3, 0.4) is 0 Å². The molecule has 1 aliphatic rings. The van der Waals surface area contributed by atoms with Crippen molar-refractivity contribution < 1.29 is 9.47 Å². The van der Waals surface area contributed by atoms with Crippen LogP contribution in [0.15, 0.2) is 35.6 Å². The van der Waals surface area contributed by atoms with E-state index in [2.05, 4.69) is 32.6 Å². The van der Waals surface area contributed by atoms with Gasteiger partial charge in [-0.2, -0.15) is 0 Å². The zero-order valence-electron chi connectivity index (χ0n) is 11.5. The molecule has 0 aromatic carbocycles. The number of hydrogen-bond acceptors (Lipinski definition) is 2. The molecule has 0 aromatic heterocycles. The van der Waals surface area contributed by atoms with Crippen LogP contribution < -0.4 is 0 Å². The summed E-state index contributed by atoms with van der Waals surface area (Å²) in [6.07, 6.45) is 5.48. The van der Waals surface area contributed by atoms with Crippen molar-refractivity contribution in [1.82, 2.24) is 0 Å². The molecular formula is C15H24O2. The average Bonchev–Trinajstić information content (AvgIpc) is 3.00. The Morgan fingerprint density at radius 3 is 2.59 bits per heavy atom. The fraction of sp³-hybridized carbons (Fsp3) is 0.600. The summed E-state index contributed by atoms with van der Waals surface area (Å²) in [6.45, 7) is 13.9. The van der Waals surface area contributed by atoms with Gasteiger partial charge in [0, 0.05) is 0 Å². The summed E-state index contributed by atoms with van der Waals surface area (Å²) >= 11 is 0. The van der Waals surface area contributed by atoms with Crippen LogP contribution in [0.1, 0.15) is 34.1 Å². The molecule has 1 atom stereocenters. The Morgan fingerprint density at radius 1 is 1.53 bits per heavy atom. The maximum atomic E-state index is 5.85. The monoisotopic (exact) mass is 236 g/mol. The van der Waals surface area contributed by atoms with Gasteiger partial charge in [-0.1, -0.05) is 32.6 Å². The Balaban J connectivity index is 2.79. The van der Waals surface area contributed by atoms with Gasteiger partial charge in [-0.05, 0) is 37.3 Å². The molecule has 0 aromatic rings. The molecule has 0 spiro atoms. The Kier molecular flexibility index (Phi) is 5.49. The maximum absolute atomic E-state index is 5.85. The van der Waals surface area contributed by atoms with Gasteiger partial charge in [0.15, 0.2) is 0 Å². The third kappa shape index (κ3) is 5.22. The van der Waals surface area contributed by atoms with Crippen molar-refractivity contribution in [3.8, 4) is 0 Å². The van der Waals surface area contributed by atoms with Crippen LogP contribution in [-0.4, -0.2) is 19.3 Å². The molecule has 1 unspecified atom stereocenters. The molecule has 1 aliphatic heterocycles. The zero-order chi connectivity index (χ0) is 12.8. The summed E-state index contributed by atoms with van der Waals surface area (Å²) in [5.41, 5.74) is 2.22. The van der Waals surface area contributed by atoms with Gasteiger partial charge in [0.2, 0.25) is 0 Å². The molecule has 0 bridgehead atoms. The summed E-state index contributed by atoms with van der Waals surface area (Å²) in [4.78, 5) is 0. The van der Waals surface area contributed by atoms with Gasteiger partial charge in [-0.3, -0.25) is 0 Å². The van der Waals surface area contributed by atoms with E-state index in [0.29, 0.717) is 12.5 Å². The predicted molar refractivity (Wildman–Crippen MR) is 71.8 cm³/mol. The third-order valence-corrected chi connectivity index (χ3v) is 2.49. The third-order valence-electron chi connectivity index (χ3n) is 2.49. The lowest BCUT2D eigenvalue weighted by atomic mass is 9.99. The van der Waals surface area contributed by atoms with Crippen molar-refractivity contribution in [3.63, 3.8) is 0 Å². The second-order valence-electron chi connectivity index (χ2n) is 5.00. The molecule has 17 heavy (non-hydrogen) atoms. The number of hydrogen-bond donors (Lipinski definition) is 0. The van der Waals surface area contributed by atoms with E-state index in [1.807, 2.05) is 13.8 Å². The minimum Gasteiger partial charge on any atom is -0.490 e. The smallest absolute Gasteiger partial charge is 0.124 e. The Bertz CT molecular complexity index is 320. The highest BCUT2D eigenvalue weighted by Gasteiger charge is 2.24. The molecule has 0 amide bonds. The Morgan fingerprint density at radius 2 is 2.18 bits per heavy atom. The van der Waals surface area contributed by atoms with E-state index in [1.54, 1.807) is 0 Å². The fourth-order valence-corrected chi connectivity index (χ4v) is 1.71. The number of epoxide rings is 1. The predicted octanol–water partition coefficient (Wildman–Crippen LogP) is 3.85. The van der Waals surface area contributed by atoms with Gasteiger partial charge in [0.25, 0.3) is 0 Å². The lowest BCUT2D eigenvalue weighted by Crippen LogP contribution is -2.05. The van der Waals surface area contributed by atoms with E-state index in [0.717, 1.165) is 24.4 Å². The fourth-order valence-electron chi connectivity index (χ4n) is 1.71. The quantitative estimate of drug-likeness (QED) is 0.380. The molecule has 0 saturated carbocycles. The highest BCUT2D eigenvalue weighted by molar-refractivity contribution is 5.33. The highest BCUT2D eigenvalue weighted by Crippen LogP contribution is 2.23. The molecule has 1 rings (SSSR count). The van der Waals surface area contributed by atoms with E-state index < -0.39 is 0 Å². The minimum absolute atomic E-state index is 0.287. The van der Waals surface area contributed by atoms with Gasteiger partial charge in [0.05, 0.1) is 6.61 Å². The van der Waals surface area contributed by atoms with Crippen LogP contribution in [-0.2, 0) is 9.47 Å². The molecule has 1 saturated heterocycles. The number of rotatable bonds is 7. The van der Waals surface area contributed by atoms with Gasteiger partial charge >= 0.3 is 0 Å². The number of ether oxygens (including phenoxy) is 2. The molecule has 0 N–H and O–H groups in total. The second-order valence-corrected chi connectivity index (χ2v) is 5.00. The summed E-state index contributed by atoms with van der Waals surface area (Å²) in [5.74, 6) is 1.55. The van der Waals surface area contributed by atoms with Crippen LogP contribution in [0.25, 0.3) is 0 Å². The molecule has 0 radical (unpaired) electrons. The van der Waals surface area contributed by atoms with Gasteiger partial charge < -0.3 is 9.47 Å². The first-order chi connectivity index (χ1) is 8.04. The van der Waals surface area contributed by atoms with Gasteiger partial charge in [-0.25, -0.2) is 0 Å². The molecule has 96 valence electrons. The van der Waals surface area contributed by atoms with E-state index in [1.165, 1.54) is 5.57 Å². The number of allylic oxidation sites excluding steroid dienone is 4. The first-order valence-electron chi connectivity index (χ1n) is 6.30. The lowest BCUT2D eigenvalue weighted by Gasteiger charge is -2.15. The summed E-state index contributed by atoms with van der Waals surface area (Å²) < 4.78 is 11.0. The van der Waals surface area contributed by atoms with Crippen LogP contribution in [0.2, 0.25) is 0 Å². The Hall–Kier alpha value is -1.02. The van der Waals surface area contributed by atoms with Crippen molar-refractivity contribution in [2.75, 3.05) is 13.2 Å². The summed E-state index contributed by atoms with van der Waals surface area (Å²) in [6, 6.07) is 0. The van der Waals surface area contributed by atoms with Gasteiger partial charge in [-0.15, -0.1) is 0 Å². The molecule has 2 nitrogen and oxygen atoms in total. The lowest BCUT2D eigenvalue weighted by molar-refractivity contribution is 0.186. The van der Waals surface area contributed by atoms with Crippen molar-refractivity contribution in [2.24, 2.45) is 5.92 Å². The van der Waals surface area contributed by atoms with Crippen molar-refractivity contribution in [1.29, 1.82) is 0 Å². The molecule has 1 fully saturated rings. The standard InChI is InChI=1S/C15H24O2/c1-6-7-13(8-11(2)3)15(12(4)5)17-10-14-9-16-14/h6-7,11,14H,4,8-10H2,1-3,5H3/b7-6-,15-13-. The van der Waals surface area contributed by atoms with Crippen LogP contribution in [0.5, 0.6) is 0 Å². The van der Waals surface area contributed by atoms with E-state index in [-0.39, 0.29) is 6.10 Å². The van der Waals surface area contributed by atoms with Crippen molar-refractivity contribution in [2.45, 2.75) is 40.2 Å². The minimum atomic E-state index is 0.287. The first-order valence-corrected chi connectivity index (χ1v) is 6.30. The topological polar surface area (TPSA) is 21.8 Å². The largest absolute Gasteiger partial charge is 0.490 e. The van der Waals surface area contributed by atoms with E-state index in [4.69, 9.17) is 9.47 Å². The zero-order valence-corrected chi connectivity index (χ0v) is 11.5. The highest BCUT2D eigenvalue weighted by atomic mass is 16.6. The average molecular weight is 236 g/mol. The molecular weight excluding hydrogens is 212 g/mol. The Labute approximate surface area is 105 Å². The first kappa shape index (κ1) is 14.0. The van der Waals surface area contributed by atoms with Crippen LogP contribution >= 0.6 is 0 Å². The van der Waals surface area contributed by atoms with Crippen LogP contribution in [0, 0.1) is 5.92 Å². The molecule has 1 heterocycles. The SMILES string of the molecule is C=C(C)/C(OCC1CO1)=C(\C=C/C)CC(C)C. The van der Waals surface area contributed by atoms with E-state index in [9.17, 15) is 0 Å². The van der Waals surface area contributed by atoms with Crippen molar-refractivity contribution >= 4 is 0 Å². The summed E-state index contributed by atoms with van der Waals surface area (Å²) in [5, 5.41) is 0. The maximum Gasteiger partial charge on any atom is 0.124 e. The van der Waals surface area contributed by atoms with Crippen LogP contribution in [0.4, 0.5) is 0 Å². The normalized spacial score (nSPS) is 20.6. The van der Waals surface area contributed by atoms with E-state index >= 15 is 0 Å². The van der Waals surface area contributed by atoms with Gasteiger partial charge in [0.1, 0.15) is 18.5 Å². The van der Waals surface area contributed by atoms with Crippen molar-refractivity contribution in [3.05, 3.63) is 35.6 Å². The molecule has 2 heteroatoms. The summed E-state index contributed by atoms with van der Waals surface area (Å²) in [7, 11) is 0. The molecule has 0 aliphatic carbocycles. The second kappa shape index (κ2) is 6.65.